The SMILES string of the molecule is CC.CNc1cc2nc(NC(C)c3ccccn3)nc(C(=O)N3CC(O)C3)c2s1. The van der Waals surface area contributed by atoms with Crippen molar-refractivity contribution in [2.24, 2.45) is 0 Å². The molecule has 3 aromatic rings. The number of nitrogens with zero attached hydrogens (tertiary/aromatic N) is 4. The van der Waals surface area contributed by atoms with Crippen LogP contribution in [0.4, 0.5) is 10.9 Å². The zero-order valence-electron chi connectivity index (χ0n) is 17.0. The van der Waals surface area contributed by atoms with Gasteiger partial charge < -0.3 is 20.6 Å². The molecule has 1 atom stereocenters. The number of thiophene rings is 1. The van der Waals surface area contributed by atoms with Gasteiger partial charge in [-0.3, -0.25) is 9.78 Å². The third-order valence-electron chi connectivity index (χ3n) is 4.45. The van der Waals surface area contributed by atoms with Crippen LogP contribution in [0.1, 0.15) is 43.0 Å². The molecule has 0 aromatic carbocycles. The largest absolute Gasteiger partial charge is 0.389 e. The van der Waals surface area contributed by atoms with Crippen molar-refractivity contribution in [3.63, 3.8) is 0 Å². The number of hydrogen-bond donors (Lipinski definition) is 3. The Balaban J connectivity index is 0.00000117. The number of aromatic nitrogens is 3. The molecule has 0 bridgehead atoms. The maximum absolute atomic E-state index is 12.9. The molecule has 1 fully saturated rings. The molecule has 0 spiro atoms. The normalized spacial score (nSPS) is 14.6. The lowest BCUT2D eigenvalue weighted by molar-refractivity contribution is 0.00567. The van der Waals surface area contributed by atoms with Crippen molar-refractivity contribution in [3.05, 3.63) is 41.9 Å². The number of aliphatic hydroxyl groups excluding tert-OH is 1. The van der Waals surface area contributed by atoms with E-state index >= 15 is 0 Å². The zero-order valence-corrected chi connectivity index (χ0v) is 17.8. The third-order valence-corrected chi connectivity index (χ3v) is 5.60. The molecular formula is C20H26N6O2S. The Hall–Kier alpha value is -2.78. The maximum Gasteiger partial charge on any atom is 0.274 e. The van der Waals surface area contributed by atoms with Gasteiger partial charge in [-0.25, -0.2) is 9.97 Å². The number of carbonyl (C=O) groups excluding carboxylic acids is 1. The number of anilines is 2. The minimum Gasteiger partial charge on any atom is -0.389 e. The molecule has 1 aliphatic rings. The van der Waals surface area contributed by atoms with Crippen LogP contribution in [0.25, 0.3) is 10.2 Å². The van der Waals surface area contributed by atoms with Crippen LogP contribution in [0.2, 0.25) is 0 Å². The molecule has 1 unspecified atom stereocenters. The minimum absolute atomic E-state index is 0.111. The second kappa shape index (κ2) is 9.15. The van der Waals surface area contributed by atoms with Gasteiger partial charge in [0.25, 0.3) is 5.91 Å². The van der Waals surface area contributed by atoms with Crippen LogP contribution in [-0.4, -0.2) is 57.1 Å². The van der Waals surface area contributed by atoms with Crippen molar-refractivity contribution in [1.29, 1.82) is 0 Å². The highest BCUT2D eigenvalue weighted by Gasteiger charge is 2.32. The van der Waals surface area contributed by atoms with E-state index in [1.54, 1.807) is 11.1 Å². The van der Waals surface area contributed by atoms with Gasteiger partial charge in [-0.1, -0.05) is 19.9 Å². The first-order valence-corrected chi connectivity index (χ1v) is 10.5. The lowest BCUT2D eigenvalue weighted by atomic mass is 10.1. The Bertz CT molecular complexity index is 972. The van der Waals surface area contributed by atoms with Gasteiger partial charge in [-0.15, -0.1) is 11.3 Å². The second-order valence-corrected chi connectivity index (χ2v) is 7.51. The summed E-state index contributed by atoms with van der Waals surface area (Å²) >= 11 is 1.44. The fourth-order valence-electron chi connectivity index (χ4n) is 2.93. The highest BCUT2D eigenvalue weighted by molar-refractivity contribution is 7.23. The van der Waals surface area contributed by atoms with Crippen LogP contribution < -0.4 is 10.6 Å². The van der Waals surface area contributed by atoms with E-state index in [9.17, 15) is 9.90 Å². The number of nitrogens with one attached hydrogen (secondary N) is 2. The highest BCUT2D eigenvalue weighted by Crippen LogP contribution is 2.32. The van der Waals surface area contributed by atoms with E-state index in [4.69, 9.17) is 0 Å². The van der Waals surface area contributed by atoms with Gasteiger partial charge in [0.1, 0.15) is 0 Å². The summed E-state index contributed by atoms with van der Waals surface area (Å²) in [4.78, 5) is 27.9. The monoisotopic (exact) mass is 414 g/mol. The summed E-state index contributed by atoms with van der Waals surface area (Å²) in [7, 11) is 1.83. The molecular weight excluding hydrogens is 388 g/mol. The summed E-state index contributed by atoms with van der Waals surface area (Å²) in [5, 5.41) is 16.7. The van der Waals surface area contributed by atoms with Gasteiger partial charge in [0.2, 0.25) is 5.95 Å². The number of β-amino-alcohol motifs (C(OH)–C–C–N with tert-alkyl or cyclic N) is 1. The molecule has 4 rings (SSSR count). The number of pyridine rings is 1. The molecule has 29 heavy (non-hydrogen) atoms. The smallest absolute Gasteiger partial charge is 0.274 e. The van der Waals surface area contributed by atoms with Gasteiger partial charge in [-0.2, -0.15) is 0 Å². The van der Waals surface area contributed by atoms with Crippen molar-refractivity contribution in [1.82, 2.24) is 19.9 Å². The van der Waals surface area contributed by atoms with Crippen molar-refractivity contribution in [3.8, 4) is 0 Å². The van der Waals surface area contributed by atoms with Crippen LogP contribution in [0.15, 0.2) is 30.5 Å². The van der Waals surface area contributed by atoms with Gasteiger partial charge in [0.15, 0.2) is 5.69 Å². The van der Waals surface area contributed by atoms with Gasteiger partial charge in [0.05, 0.1) is 33.1 Å². The van der Waals surface area contributed by atoms with Crippen LogP contribution in [0.5, 0.6) is 0 Å². The number of rotatable bonds is 5. The number of likely N-dealkylation sites (tertiary alicyclic amines) is 1. The quantitative estimate of drug-likeness (QED) is 0.589. The molecule has 1 aliphatic heterocycles. The lowest BCUT2D eigenvalue weighted by Crippen LogP contribution is -2.53. The van der Waals surface area contributed by atoms with Crippen molar-refractivity contribution in [2.45, 2.75) is 32.9 Å². The summed E-state index contributed by atoms with van der Waals surface area (Å²) in [5.41, 5.74) is 1.93. The molecule has 154 valence electrons. The number of aliphatic hydroxyl groups is 1. The Kier molecular flexibility index (Phi) is 6.60. The van der Waals surface area contributed by atoms with Gasteiger partial charge in [0, 0.05) is 26.3 Å². The van der Waals surface area contributed by atoms with E-state index in [-0.39, 0.29) is 11.9 Å². The zero-order chi connectivity index (χ0) is 21.0. The fraction of sp³-hybridized carbons (Fsp3) is 0.400. The molecule has 9 heteroatoms. The molecule has 8 nitrogen and oxygen atoms in total. The number of carbonyl (C=O) groups is 1. The van der Waals surface area contributed by atoms with Crippen molar-refractivity contribution in [2.75, 3.05) is 30.8 Å². The molecule has 0 saturated carbocycles. The van der Waals surface area contributed by atoms with Crippen LogP contribution in [0, 0.1) is 0 Å². The van der Waals surface area contributed by atoms with E-state index in [0.29, 0.717) is 30.2 Å². The van der Waals surface area contributed by atoms with E-state index < -0.39 is 6.10 Å². The van der Waals surface area contributed by atoms with Gasteiger partial charge in [-0.05, 0) is 25.1 Å². The fourth-order valence-corrected chi connectivity index (χ4v) is 3.86. The number of fused-ring (bicyclic) bond motifs is 1. The first-order valence-electron chi connectivity index (χ1n) is 9.69. The molecule has 0 radical (unpaired) electrons. The molecule has 3 N–H and O–H groups in total. The molecule has 4 heterocycles. The van der Waals surface area contributed by atoms with E-state index in [1.807, 2.05) is 52.1 Å². The minimum atomic E-state index is -0.454. The predicted molar refractivity (Wildman–Crippen MR) is 116 cm³/mol. The van der Waals surface area contributed by atoms with E-state index in [1.165, 1.54) is 11.3 Å². The first kappa shape index (κ1) is 20.9. The van der Waals surface area contributed by atoms with Crippen LogP contribution in [0.3, 0.4) is 0 Å². The topological polar surface area (TPSA) is 103 Å². The summed E-state index contributed by atoms with van der Waals surface area (Å²) < 4.78 is 0.738. The maximum atomic E-state index is 12.9. The Labute approximate surface area is 174 Å². The average molecular weight is 415 g/mol. The van der Waals surface area contributed by atoms with Gasteiger partial charge >= 0.3 is 0 Å². The molecule has 0 aliphatic carbocycles. The lowest BCUT2D eigenvalue weighted by Gasteiger charge is -2.35. The summed E-state index contributed by atoms with van der Waals surface area (Å²) in [6.07, 6.45) is 1.28. The number of hydrogen-bond acceptors (Lipinski definition) is 8. The van der Waals surface area contributed by atoms with Crippen molar-refractivity contribution >= 4 is 38.4 Å². The van der Waals surface area contributed by atoms with E-state index in [2.05, 4.69) is 25.6 Å². The summed E-state index contributed by atoms with van der Waals surface area (Å²) in [5.74, 6) is 0.191. The third kappa shape index (κ3) is 4.46. The Morgan fingerprint density at radius 2 is 2.07 bits per heavy atom. The highest BCUT2D eigenvalue weighted by atomic mass is 32.1. The Morgan fingerprint density at radius 1 is 1.31 bits per heavy atom. The van der Waals surface area contributed by atoms with E-state index in [0.717, 1.165) is 15.4 Å². The number of amides is 1. The second-order valence-electron chi connectivity index (χ2n) is 6.46. The molecule has 3 aromatic heterocycles. The van der Waals surface area contributed by atoms with Crippen LogP contribution >= 0.6 is 11.3 Å². The first-order chi connectivity index (χ1) is 14.0. The predicted octanol–water partition coefficient (Wildman–Crippen LogP) is 3.14. The summed E-state index contributed by atoms with van der Waals surface area (Å²) in [6.45, 7) is 6.64. The van der Waals surface area contributed by atoms with Crippen LogP contribution in [-0.2, 0) is 0 Å². The standard InChI is InChI=1S/C18H20N6O2S.C2H6/c1-10(12-5-3-4-6-20-12)21-18-22-13-7-14(19-2)27-16(13)15(23-18)17(26)24-8-11(25)9-24;1-2/h3-7,10-11,19,25H,8-9H2,1-2H3,(H,21,22,23);1-2H3. The Morgan fingerprint density at radius 3 is 2.69 bits per heavy atom. The van der Waals surface area contributed by atoms with Crippen molar-refractivity contribution < 1.29 is 9.90 Å². The summed E-state index contributed by atoms with van der Waals surface area (Å²) in [6, 6.07) is 7.50. The molecule has 1 saturated heterocycles. The average Bonchev–Trinajstić information content (AvgIpc) is 3.15. The molecule has 1 amide bonds.